The molecule has 0 spiro atoms. The van der Waals surface area contributed by atoms with Crippen LogP contribution in [0.1, 0.15) is 22.8 Å². The van der Waals surface area contributed by atoms with Gasteiger partial charge in [-0.05, 0) is 42.8 Å². The maximum absolute atomic E-state index is 12.6. The Morgan fingerprint density at radius 1 is 1.19 bits per heavy atom. The predicted octanol–water partition coefficient (Wildman–Crippen LogP) is 3.72. The Kier molecular flexibility index (Phi) is 5.68. The number of carbonyl (C=O) groups excluding carboxylic acids is 2. The zero-order valence-corrected chi connectivity index (χ0v) is 16.2. The van der Waals surface area contributed by atoms with Gasteiger partial charge in [-0.1, -0.05) is 33.6 Å². The van der Waals surface area contributed by atoms with Crippen LogP contribution in [-0.4, -0.2) is 23.4 Å². The van der Waals surface area contributed by atoms with Crippen molar-refractivity contribution >= 4 is 45.0 Å². The minimum absolute atomic E-state index is 0.197. The summed E-state index contributed by atoms with van der Waals surface area (Å²) in [7, 11) is 0. The number of anilines is 1. The molecule has 2 N–H and O–H groups in total. The normalized spacial score (nSPS) is 13.2. The molecule has 0 aromatic heterocycles. The predicted molar refractivity (Wildman–Crippen MR) is 102 cm³/mol. The number of rotatable bonds is 5. The smallest absolute Gasteiger partial charge is 0.253 e. The van der Waals surface area contributed by atoms with Crippen LogP contribution in [0, 0.1) is 0 Å². The first-order valence-electron chi connectivity index (χ1n) is 7.85. The van der Waals surface area contributed by atoms with E-state index in [0.29, 0.717) is 34.3 Å². The molecule has 0 saturated heterocycles. The van der Waals surface area contributed by atoms with Crippen molar-refractivity contribution in [2.45, 2.75) is 18.3 Å². The Balaban J connectivity index is 1.72. The third kappa shape index (κ3) is 4.28. The number of fused-ring (bicyclic) bond motifs is 1. The molecule has 1 unspecified atom stereocenters. The Morgan fingerprint density at radius 3 is 2.73 bits per heavy atom. The molecule has 2 aromatic rings. The largest absolute Gasteiger partial charge is 0.454 e. The van der Waals surface area contributed by atoms with Crippen LogP contribution in [0.3, 0.4) is 0 Å². The number of benzene rings is 2. The lowest BCUT2D eigenvalue weighted by atomic mass is 10.1. The van der Waals surface area contributed by atoms with Crippen molar-refractivity contribution in [3.63, 3.8) is 0 Å². The van der Waals surface area contributed by atoms with Gasteiger partial charge < -0.3 is 20.1 Å². The summed E-state index contributed by atoms with van der Waals surface area (Å²) in [6.45, 7) is 2.19. The number of hydrogen-bond acceptors (Lipinski definition) is 4. The van der Waals surface area contributed by atoms with Crippen LogP contribution in [-0.2, 0) is 11.3 Å². The molecule has 1 atom stereocenters. The molecule has 0 aliphatic carbocycles. The van der Waals surface area contributed by atoms with E-state index in [2.05, 4.69) is 26.6 Å². The first-order valence-corrected chi connectivity index (χ1v) is 9.14. The van der Waals surface area contributed by atoms with Crippen LogP contribution in [0.25, 0.3) is 0 Å². The van der Waals surface area contributed by atoms with Gasteiger partial charge in [-0.2, -0.15) is 0 Å². The SMILES string of the molecule is CC(Br)C(=O)Nc1ccc(Cl)cc1C(=O)NCc1ccc2c(c1)OCO2. The van der Waals surface area contributed by atoms with Crippen LogP contribution < -0.4 is 20.1 Å². The molecule has 136 valence electrons. The Labute approximate surface area is 163 Å². The van der Waals surface area contributed by atoms with Gasteiger partial charge in [0.2, 0.25) is 12.7 Å². The van der Waals surface area contributed by atoms with Crippen molar-refractivity contribution in [1.29, 1.82) is 0 Å². The number of alkyl halides is 1. The zero-order chi connectivity index (χ0) is 18.7. The molecule has 0 fully saturated rings. The minimum Gasteiger partial charge on any atom is -0.454 e. The van der Waals surface area contributed by atoms with Gasteiger partial charge in [-0.3, -0.25) is 9.59 Å². The molecule has 0 saturated carbocycles. The molecule has 26 heavy (non-hydrogen) atoms. The summed E-state index contributed by atoms with van der Waals surface area (Å²) >= 11 is 9.21. The van der Waals surface area contributed by atoms with E-state index >= 15 is 0 Å². The van der Waals surface area contributed by atoms with E-state index in [1.165, 1.54) is 6.07 Å². The summed E-state index contributed by atoms with van der Waals surface area (Å²) in [5, 5.41) is 5.93. The van der Waals surface area contributed by atoms with Crippen LogP contribution >= 0.6 is 27.5 Å². The summed E-state index contributed by atoms with van der Waals surface area (Å²) in [6, 6.07) is 10.2. The van der Waals surface area contributed by atoms with E-state index in [4.69, 9.17) is 21.1 Å². The fourth-order valence-corrected chi connectivity index (χ4v) is 2.66. The van der Waals surface area contributed by atoms with Crippen molar-refractivity contribution in [1.82, 2.24) is 5.32 Å². The fraction of sp³-hybridized carbons (Fsp3) is 0.222. The second kappa shape index (κ2) is 7.97. The Hall–Kier alpha value is -2.25. The summed E-state index contributed by atoms with van der Waals surface area (Å²) in [4.78, 5) is 24.1. The monoisotopic (exact) mass is 438 g/mol. The number of hydrogen-bond donors (Lipinski definition) is 2. The van der Waals surface area contributed by atoms with Gasteiger partial charge in [-0.15, -0.1) is 0 Å². The molecule has 6 nitrogen and oxygen atoms in total. The van der Waals surface area contributed by atoms with Gasteiger partial charge in [-0.25, -0.2) is 0 Å². The highest BCUT2D eigenvalue weighted by molar-refractivity contribution is 9.10. The third-order valence-corrected chi connectivity index (χ3v) is 4.39. The first-order chi connectivity index (χ1) is 12.4. The molecule has 8 heteroatoms. The van der Waals surface area contributed by atoms with Crippen molar-refractivity contribution < 1.29 is 19.1 Å². The van der Waals surface area contributed by atoms with Crippen LogP contribution in [0.5, 0.6) is 11.5 Å². The molecule has 0 bridgehead atoms. The topological polar surface area (TPSA) is 76.7 Å². The third-order valence-electron chi connectivity index (χ3n) is 3.74. The highest BCUT2D eigenvalue weighted by Crippen LogP contribution is 2.32. The second-order valence-electron chi connectivity index (χ2n) is 5.67. The van der Waals surface area contributed by atoms with Gasteiger partial charge in [0, 0.05) is 11.6 Å². The second-order valence-corrected chi connectivity index (χ2v) is 7.48. The first kappa shape index (κ1) is 18.5. The molecule has 0 radical (unpaired) electrons. The van der Waals surface area contributed by atoms with E-state index in [1.807, 2.05) is 12.1 Å². The van der Waals surface area contributed by atoms with Crippen molar-refractivity contribution in [2.24, 2.45) is 0 Å². The molecule has 1 heterocycles. The summed E-state index contributed by atoms with van der Waals surface area (Å²) in [6.07, 6.45) is 0. The maximum Gasteiger partial charge on any atom is 0.253 e. The van der Waals surface area contributed by atoms with Gasteiger partial charge >= 0.3 is 0 Å². The highest BCUT2D eigenvalue weighted by atomic mass is 79.9. The number of nitrogens with one attached hydrogen (secondary N) is 2. The van der Waals surface area contributed by atoms with Gasteiger partial charge in [0.15, 0.2) is 11.5 Å². The molecule has 1 aliphatic heterocycles. The lowest BCUT2D eigenvalue weighted by Gasteiger charge is -2.13. The fourth-order valence-electron chi connectivity index (χ4n) is 2.37. The summed E-state index contributed by atoms with van der Waals surface area (Å²) < 4.78 is 10.6. The Bertz CT molecular complexity index is 857. The lowest BCUT2D eigenvalue weighted by Crippen LogP contribution is -2.26. The standard InChI is InChI=1S/C18H16BrClN2O4/c1-10(19)17(23)22-14-4-3-12(20)7-13(14)18(24)21-8-11-2-5-15-16(6-11)26-9-25-15/h2-7,10H,8-9H2,1H3,(H,21,24)(H,22,23). The molecular weight excluding hydrogens is 424 g/mol. The number of ether oxygens (including phenoxy) is 2. The molecule has 2 aromatic carbocycles. The molecule has 3 rings (SSSR count). The highest BCUT2D eigenvalue weighted by Gasteiger charge is 2.17. The molecular formula is C18H16BrClN2O4. The van der Waals surface area contributed by atoms with Gasteiger partial charge in [0.05, 0.1) is 16.1 Å². The number of halogens is 2. The molecule has 2 amide bonds. The van der Waals surface area contributed by atoms with Crippen LogP contribution in [0.4, 0.5) is 5.69 Å². The average Bonchev–Trinajstić information content (AvgIpc) is 3.08. The lowest BCUT2D eigenvalue weighted by molar-refractivity contribution is -0.115. The molecule has 1 aliphatic rings. The van der Waals surface area contributed by atoms with Crippen LogP contribution in [0.2, 0.25) is 5.02 Å². The average molecular weight is 440 g/mol. The summed E-state index contributed by atoms with van der Waals surface area (Å²) in [5.74, 6) is 0.738. The van der Waals surface area contributed by atoms with E-state index < -0.39 is 0 Å². The van der Waals surface area contributed by atoms with Gasteiger partial charge in [0.25, 0.3) is 5.91 Å². The van der Waals surface area contributed by atoms with Crippen LogP contribution in [0.15, 0.2) is 36.4 Å². The van der Waals surface area contributed by atoms with E-state index in [9.17, 15) is 9.59 Å². The number of amides is 2. The maximum atomic E-state index is 12.6. The minimum atomic E-state index is -0.386. The van der Waals surface area contributed by atoms with E-state index in [1.54, 1.807) is 25.1 Å². The van der Waals surface area contributed by atoms with Gasteiger partial charge in [0.1, 0.15) is 0 Å². The van der Waals surface area contributed by atoms with Crippen molar-refractivity contribution in [3.8, 4) is 11.5 Å². The van der Waals surface area contributed by atoms with E-state index in [-0.39, 0.29) is 23.4 Å². The zero-order valence-electron chi connectivity index (χ0n) is 13.8. The van der Waals surface area contributed by atoms with E-state index in [0.717, 1.165) is 5.56 Å². The van der Waals surface area contributed by atoms with Crippen molar-refractivity contribution in [3.05, 3.63) is 52.5 Å². The quantitative estimate of drug-likeness (QED) is 0.696. The number of carbonyl (C=O) groups is 2. The summed E-state index contributed by atoms with van der Waals surface area (Å²) in [5.41, 5.74) is 1.55. The Morgan fingerprint density at radius 2 is 1.96 bits per heavy atom. The van der Waals surface area contributed by atoms with Crippen molar-refractivity contribution in [2.75, 3.05) is 12.1 Å².